The van der Waals surface area contributed by atoms with Crippen LogP contribution in [-0.2, 0) is 14.9 Å². The normalized spacial score (nSPS) is 28.4. The molecule has 0 spiro atoms. The second-order valence-electron chi connectivity index (χ2n) is 11.8. The number of carbonyl (C=O) groups is 1. The van der Waals surface area contributed by atoms with Crippen molar-refractivity contribution in [1.82, 2.24) is 20.2 Å². The van der Waals surface area contributed by atoms with Crippen LogP contribution >= 0.6 is 0 Å². The van der Waals surface area contributed by atoms with Crippen LogP contribution in [0.3, 0.4) is 0 Å². The Morgan fingerprint density at radius 1 is 1.09 bits per heavy atom. The van der Waals surface area contributed by atoms with Crippen LogP contribution in [0.2, 0.25) is 0 Å². The number of amides is 1. The molecule has 0 unspecified atom stereocenters. The zero-order valence-electron chi connectivity index (χ0n) is 22.0. The summed E-state index contributed by atoms with van der Waals surface area (Å²) < 4.78 is 5.50. The minimum atomic E-state index is -0.0596. The molecule has 0 atom stereocenters. The fourth-order valence-corrected chi connectivity index (χ4v) is 5.61. The van der Waals surface area contributed by atoms with E-state index < -0.39 is 0 Å². The molecule has 7 nitrogen and oxygen atoms in total. The van der Waals surface area contributed by atoms with Crippen LogP contribution in [0.1, 0.15) is 90.1 Å². The summed E-state index contributed by atoms with van der Waals surface area (Å²) in [6.45, 7) is 13.7. The molecular formula is C27H45N5O2. The maximum atomic E-state index is 11.3. The number of anilines is 1. The molecule has 190 valence electrons. The molecule has 0 aromatic carbocycles. The summed E-state index contributed by atoms with van der Waals surface area (Å²) in [5.41, 5.74) is 1.14. The molecule has 1 aliphatic heterocycles. The van der Waals surface area contributed by atoms with Crippen molar-refractivity contribution >= 4 is 11.7 Å². The van der Waals surface area contributed by atoms with E-state index >= 15 is 0 Å². The lowest BCUT2D eigenvalue weighted by Crippen LogP contribution is -2.47. The van der Waals surface area contributed by atoms with Crippen LogP contribution in [-0.4, -0.2) is 72.8 Å². The highest BCUT2D eigenvalue weighted by atomic mass is 16.5. The van der Waals surface area contributed by atoms with Gasteiger partial charge in [0.1, 0.15) is 11.6 Å². The number of methoxy groups -OCH3 is 1. The van der Waals surface area contributed by atoms with E-state index in [0.717, 1.165) is 69.4 Å². The molecule has 0 radical (unpaired) electrons. The highest BCUT2D eigenvalue weighted by Crippen LogP contribution is 2.39. The van der Waals surface area contributed by atoms with Crippen LogP contribution in [0, 0.1) is 5.92 Å². The van der Waals surface area contributed by atoms with Gasteiger partial charge in [-0.15, -0.1) is 0 Å². The van der Waals surface area contributed by atoms with E-state index in [1.807, 2.05) is 7.11 Å². The fourth-order valence-electron chi connectivity index (χ4n) is 5.61. The van der Waals surface area contributed by atoms with Gasteiger partial charge in [-0.1, -0.05) is 20.8 Å². The van der Waals surface area contributed by atoms with E-state index in [1.165, 1.54) is 31.5 Å². The Hall–Kier alpha value is -1.73. The quantitative estimate of drug-likeness (QED) is 0.651. The first kappa shape index (κ1) is 25.4. The van der Waals surface area contributed by atoms with Gasteiger partial charge in [-0.25, -0.2) is 9.97 Å². The van der Waals surface area contributed by atoms with Crippen molar-refractivity contribution in [2.24, 2.45) is 5.92 Å². The van der Waals surface area contributed by atoms with E-state index in [0.29, 0.717) is 18.1 Å². The van der Waals surface area contributed by atoms with Gasteiger partial charge in [0.05, 0.1) is 6.10 Å². The third-order valence-corrected chi connectivity index (χ3v) is 8.05. The van der Waals surface area contributed by atoms with Crippen molar-refractivity contribution in [3.8, 4) is 0 Å². The van der Waals surface area contributed by atoms with E-state index in [4.69, 9.17) is 14.7 Å². The number of nitrogens with zero attached hydrogens (tertiary/aromatic N) is 4. The second kappa shape index (κ2) is 10.9. The number of ether oxygens (including phenoxy) is 1. The van der Waals surface area contributed by atoms with Gasteiger partial charge in [0.25, 0.3) is 0 Å². The zero-order valence-corrected chi connectivity index (χ0v) is 22.0. The lowest BCUT2D eigenvalue weighted by molar-refractivity contribution is -0.119. The van der Waals surface area contributed by atoms with Crippen molar-refractivity contribution < 1.29 is 9.53 Å². The van der Waals surface area contributed by atoms with Gasteiger partial charge < -0.3 is 15.0 Å². The molecule has 1 amide bonds. The Morgan fingerprint density at radius 2 is 1.76 bits per heavy atom. The number of carbonyl (C=O) groups excluding carboxylic acids is 1. The number of piperazine rings is 1. The summed E-state index contributed by atoms with van der Waals surface area (Å²) >= 11 is 0. The average Bonchev–Trinajstić information content (AvgIpc) is 2.77. The Labute approximate surface area is 206 Å². The van der Waals surface area contributed by atoms with Gasteiger partial charge in [0, 0.05) is 69.3 Å². The first-order valence-electron chi connectivity index (χ1n) is 13.4. The molecule has 2 heterocycles. The standard InChI is InChI=1S/C27H45N5O2/c1-19(33)28-22-8-6-20(7-9-22)10-11-31-12-14-32(15-13-31)25-18-24(21-16-23(17-21)34-5)29-26(30-25)27(2,3)4/h18,20-23H,6-17H2,1-5H3,(H,28,33). The van der Waals surface area contributed by atoms with Crippen LogP contribution in [0.25, 0.3) is 0 Å². The van der Waals surface area contributed by atoms with Gasteiger partial charge >= 0.3 is 0 Å². The van der Waals surface area contributed by atoms with Crippen LogP contribution in [0.4, 0.5) is 5.82 Å². The van der Waals surface area contributed by atoms with Crippen LogP contribution in [0.5, 0.6) is 0 Å². The van der Waals surface area contributed by atoms with Crippen molar-refractivity contribution in [3.63, 3.8) is 0 Å². The SMILES string of the molecule is COC1CC(c2cc(N3CCN(CCC4CCC(NC(C)=O)CC4)CC3)nc(C(C)(C)C)n2)C1. The van der Waals surface area contributed by atoms with Crippen molar-refractivity contribution in [2.75, 3.05) is 44.7 Å². The van der Waals surface area contributed by atoms with Gasteiger partial charge in [0.15, 0.2) is 0 Å². The molecule has 34 heavy (non-hydrogen) atoms. The molecular weight excluding hydrogens is 426 g/mol. The lowest BCUT2D eigenvalue weighted by Gasteiger charge is -2.38. The Balaban J connectivity index is 1.28. The molecule has 1 saturated heterocycles. The maximum Gasteiger partial charge on any atom is 0.217 e. The Bertz CT molecular complexity index is 817. The predicted molar refractivity (Wildman–Crippen MR) is 136 cm³/mol. The molecule has 7 heteroatoms. The second-order valence-corrected chi connectivity index (χ2v) is 11.8. The average molecular weight is 472 g/mol. The van der Waals surface area contributed by atoms with Crippen molar-refractivity contribution in [2.45, 2.75) is 96.1 Å². The molecule has 1 aromatic rings. The Morgan fingerprint density at radius 3 is 2.35 bits per heavy atom. The number of nitrogens with one attached hydrogen (secondary N) is 1. The fraction of sp³-hybridized carbons (Fsp3) is 0.815. The van der Waals surface area contributed by atoms with Crippen molar-refractivity contribution in [3.05, 3.63) is 17.6 Å². The first-order chi connectivity index (χ1) is 16.2. The highest BCUT2D eigenvalue weighted by molar-refractivity contribution is 5.73. The molecule has 3 aliphatic rings. The largest absolute Gasteiger partial charge is 0.381 e. The van der Waals surface area contributed by atoms with E-state index in [2.05, 4.69) is 42.0 Å². The molecule has 4 rings (SSSR count). The predicted octanol–water partition coefficient (Wildman–Crippen LogP) is 3.87. The molecule has 1 aromatic heterocycles. The summed E-state index contributed by atoms with van der Waals surface area (Å²) in [7, 11) is 1.81. The molecule has 2 aliphatic carbocycles. The van der Waals surface area contributed by atoms with E-state index in [-0.39, 0.29) is 11.3 Å². The van der Waals surface area contributed by atoms with Crippen LogP contribution < -0.4 is 10.2 Å². The van der Waals surface area contributed by atoms with Gasteiger partial charge in [-0.05, 0) is 57.4 Å². The minimum Gasteiger partial charge on any atom is -0.381 e. The third kappa shape index (κ3) is 6.48. The van der Waals surface area contributed by atoms with E-state index in [9.17, 15) is 4.79 Å². The van der Waals surface area contributed by atoms with Crippen molar-refractivity contribution in [1.29, 1.82) is 0 Å². The summed E-state index contributed by atoms with van der Waals surface area (Å²) in [4.78, 5) is 26.4. The minimum absolute atomic E-state index is 0.0596. The zero-order chi connectivity index (χ0) is 24.3. The monoisotopic (exact) mass is 471 g/mol. The Kier molecular flexibility index (Phi) is 8.13. The number of hydrogen-bond donors (Lipinski definition) is 1. The topological polar surface area (TPSA) is 70.6 Å². The number of hydrogen-bond acceptors (Lipinski definition) is 6. The third-order valence-electron chi connectivity index (χ3n) is 8.05. The molecule has 1 N–H and O–H groups in total. The summed E-state index contributed by atoms with van der Waals surface area (Å²) in [5, 5.41) is 3.09. The van der Waals surface area contributed by atoms with Gasteiger partial charge in [-0.3, -0.25) is 9.69 Å². The summed E-state index contributed by atoms with van der Waals surface area (Å²) in [5.74, 6) is 3.47. The first-order valence-corrected chi connectivity index (χ1v) is 13.4. The van der Waals surface area contributed by atoms with Gasteiger partial charge in [-0.2, -0.15) is 0 Å². The van der Waals surface area contributed by atoms with Crippen LogP contribution in [0.15, 0.2) is 6.07 Å². The highest BCUT2D eigenvalue weighted by Gasteiger charge is 2.33. The smallest absolute Gasteiger partial charge is 0.217 e. The number of rotatable bonds is 7. The summed E-state index contributed by atoms with van der Waals surface area (Å²) in [6.07, 6.45) is 8.55. The summed E-state index contributed by atoms with van der Waals surface area (Å²) in [6, 6.07) is 2.64. The molecule has 2 saturated carbocycles. The molecule has 0 bridgehead atoms. The lowest BCUT2D eigenvalue weighted by atomic mass is 9.79. The molecule has 3 fully saturated rings. The van der Waals surface area contributed by atoms with Gasteiger partial charge in [0.2, 0.25) is 5.91 Å². The maximum absolute atomic E-state index is 11.3. The number of aromatic nitrogens is 2. The van der Waals surface area contributed by atoms with E-state index in [1.54, 1.807) is 6.92 Å².